The highest BCUT2D eigenvalue weighted by atomic mass is 16.5. The van der Waals surface area contributed by atoms with Crippen LogP contribution in [-0.4, -0.2) is 62.7 Å². The van der Waals surface area contributed by atoms with E-state index in [0.717, 1.165) is 75.4 Å². The van der Waals surface area contributed by atoms with Crippen molar-refractivity contribution in [3.05, 3.63) is 47.0 Å². The van der Waals surface area contributed by atoms with Gasteiger partial charge >= 0.3 is 0 Å². The molecule has 6 rings (SSSR count). The molecule has 196 valence electrons. The topological polar surface area (TPSA) is 75.9 Å². The molecule has 2 aromatic heterocycles. The van der Waals surface area contributed by atoms with Crippen molar-refractivity contribution in [1.82, 2.24) is 24.5 Å². The lowest BCUT2D eigenvalue weighted by Gasteiger charge is -2.31. The second-order valence-corrected chi connectivity index (χ2v) is 11.1. The SMILES string of the molecule is Cc1nc2nc(C)c(O[C@@H]3CCN(c4ccc(C5CCC(C(=O)N6CCCC6)CC5)cc4)C3)c(C)n2n1. The first kappa shape index (κ1) is 24.2. The Labute approximate surface area is 219 Å². The molecule has 3 aliphatic rings. The highest BCUT2D eigenvalue weighted by Crippen LogP contribution is 2.38. The molecule has 3 fully saturated rings. The van der Waals surface area contributed by atoms with Gasteiger partial charge in [0.2, 0.25) is 5.91 Å². The molecule has 4 heterocycles. The summed E-state index contributed by atoms with van der Waals surface area (Å²) < 4.78 is 8.24. The second-order valence-electron chi connectivity index (χ2n) is 11.1. The van der Waals surface area contributed by atoms with Crippen molar-refractivity contribution in [1.29, 1.82) is 0 Å². The quantitative estimate of drug-likeness (QED) is 0.507. The molecule has 3 aromatic rings. The first-order valence-electron chi connectivity index (χ1n) is 14.0. The van der Waals surface area contributed by atoms with E-state index in [-0.39, 0.29) is 12.0 Å². The van der Waals surface area contributed by atoms with E-state index in [4.69, 9.17) is 4.74 Å². The number of anilines is 1. The number of aromatic nitrogens is 4. The van der Waals surface area contributed by atoms with Crippen molar-refractivity contribution >= 4 is 17.4 Å². The molecule has 0 unspecified atom stereocenters. The summed E-state index contributed by atoms with van der Waals surface area (Å²) in [5, 5.41) is 4.46. The summed E-state index contributed by atoms with van der Waals surface area (Å²) >= 11 is 0. The van der Waals surface area contributed by atoms with Gasteiger partial charge in [-0.15, -0.1) is 5.10 Å². The third kappa shape index (κ3) is 4.78. The van der Waals surface area contributed by atoms with Gasteiger partial charge in [0.15, 0.2) is 5.75 Å². The monoisotopic (exact) mass is 502 g/mol. The van der Waals surface area contributed by atoms with E-state index < -0.39 is 0 Å². The molecular weight excluding hydrogens is 464 g/mol. The number of carbonyl (C=O) groups is 1. The highest BCUT2D eigenvalue weighted by Gasteiger charge is 2.31. The van der Waals surface area contributed by atoms with Crippen molar-refractivity contribution in [2.75, 3.05) is 31.1 Å². The van der Waals surface area contributed by atoms with E-state index in [1.54, 1.807) is 4.52 Å². The number of benzene rings is 1. The van der Waals surface area contributed by atoms with Gasteiger partial charge in [-0.1, -0.05) is 12.1 Å². The van der Waals surface area contributed by atoms with Crippen LogP contribution in [-0.2, 0) is 4.79 Å². The van der Waals surface area contributed by atoms with Crippen LogP contribution in [0.5, 0.6) is 5.75 Å². The molecule has 1 amide bonds. The molecule has 0 spiro atoms. The van der Waals surface area contributed by atoms with Crippen LogP contribution in [0.2, 0.25) is 0 Å². The minimum absolute atomic E-state index is 0.115. The summed E-state index contributed by atoms with van der Waals surface area (Å²) in [4.78, 5) is 26.3. The van der Waals surface area contributed by atoms with Crippen LogP contribution in [0.15, 0.2) is 24.3 Å². The molecule has 2 saturated heterocycles. The van der Waals surface area contributed by atoms with E-state index in [9.17, 15) is 4.79 Å². The summed E-state index contributed by atoms with van der Waals surface area (Å²) in [6.07, 6.45) is 7.73. The molecule has 37 heavy (non-hydrogen) atoms. The predicted octanol–water partition coefficient (Wildman–Crippen LogP) is 4.60. The van der Waals surface area contributed by atoms with Crippen molar-refractivity contribution in [3.63, 3.8) is 0 Å². The minimum atomic E-state index is 0.115. The zero-order valence-electron chi connectivity index (χ0n) is 22.3. The Bertz CT molecular complexity index is 1270. The van der Waals surface area contributed by atoms with Gasteiger partial charge in [0.25, 0.3) is 5.78 Å². The summed E-state index contributed by atoms with van der Waals surface area (Å²) in [6, 6.07) is 9.13. The van der Waals surface area contributed by atoms with Gasteiger partial charge in [0.05, 0.1) is 17.9 Å². The molecule has 0 N–H and O–H groups in total. The molecular formula is C29H38N6O2. The maximum absolute atomic E-state index is 12.8. The van der Waals surface area contributed by atoms with Crippen molar-refractivity contribution in [3.8, 4) is 5.75 Å². The molecule has 2 aliphatic heterocycles. The molecule has 1 atom stereocenters. The summed E-state index contributed by atoms with van der Waals surface area (Å²) in [7, 11) is 0. The van der Waals surface area contributed by atoms with Gasteiger partial charge in [0, 0.05) is 37.7 Å². The smallest absolute Gasteiger partial charge is 0.253 e. The Kier molecular flexibility index (Phi) is 6.51. The van der Waals surface area contributed by atoms with Gasteiger partial charge in [-0.3, -0.25) is 4.79 Å². The standard InChI is InChI=1S/C29H38N6O2/c1-19-27(20(2)35-29(30-19)31-21(3)32-35)37-26-14-17-34(18-26)25-12-10-23(11-13-25)22-6-8-24(9-7-22)28(36)33-15-4-5-16-33/h10-13,22,24,26H,4-9,14-18H2,1-3H3/t22?,24?,26-/m1/s1. The molecule has 1 aromatic carbocycles. The Hall–Kier alpha value is -3.16. The minimum Gasteiger partial charge on any atom is -0.485 e. The zero-order chi connectivity index (χ0) is 25.5. The van der Waals surface area contributed by atoms with Crippen LogP contribution in [0.1, 0.15) is 73.6 Å². The van der Waals surface area contributed by atoms with Crippen LogP contribution in [0, 0.1) is 26.7 Å². The predicted molar refractivity (Wildman–Crippen MR) is 143 cm³/mol. The number of nitrogens with zero attached hydrogens (tertiary/aromatic N) is 6. The maximum Gasteiger partial charge on any atom is 0.253 e. The second kappa shape index (κ2) is 9.95. The van der Waals surface area contributed by atoms with Gasteiger partial charge in [0.1, 0.15) is 11.9 Å². The van der Waals surface area contributed by atoms with Crippen LogP contribution < -0.4 is 9.64 Å². The van der Waals surface area contributed by atoms with Gasteiger partial charge in [-0.25, -0.2) is 4.98 Å². The Morgan fingerprint density at radius 3 is 2.38 bits per heavy atom. The van der Waals surface area contributed by atoms with Gasteiger partial charge in [-0.05, 0) is 82.9 Å². The fourth-order valence-corrected chi connectivity index (χ4v) is 6.48. The molecule has 0 bridgehead atoms. The maximum atomic E-state index is 12.8. The average Bonchev–Trinajstić information content (AvgIpc) is 3.68. The fraction of sp³-hybridized carbons (Fsp3) is 0.586. The summed E-state index contributed by atoms with van der Waals surface area (Å²) in [5.41, 5.74) is 4.47. The third-order valence-electron chi connectivity index (χ3n) is 8.59. The number of hydrogen-bond acceptors (Lipinski definition) is 6. The van der Waals surface area contributed by atoms with Crippen LogP contribution in [0.3, 0.4) is 0 Å². The van der Waals surface area contributed by atoms with Crippen LogP contribution in [0.4, 0.5) is 5.69 Å². The van der Waals surface area contributed by atoms with E-state index in [0.29, 0.717) is 23.4 Å². The number of likely N-dealkylation sites (tertiary alicyclic amines) is 1. The Balaban J connectivity index is 1.05. The first-order chi connectivity index (χ1) is 18.0. The Morgan fingerprint density at radius 2 is 1.65 bits per heavy atom. The molecule has 8 heteroatoms. The highest BCUT2D eigenvalue weighted by molar-refractivity contribution is 5.79. The fourth-order valence-electron chi connectivity index (χ4n) is 6.48. The van der Waals surface area contributed by atoms with E-state index >= 15 is 0 Å². The van der Waals surface area contributed by atoms with Crippen molar-refractivity contribution in [2.24, 2.45) is 5.92 Å². The number of ether oxygens (including phenoxy) is 1. The van der Waals surface area contributed by atoms with Gasteiger partial charge < -0.3 is 14.5 Å². The number of aryl methyl sites for hydroxylation is 3. The molecule has 1 aliphatic carbocycles. The molecule has 8 nitrogen and oxygen atoms in total. The normalized spacial score (nSPS) is 24.2. The number of rotatable bonds is 5. The molecule has 0 radical (unpaired) electrons. The van der Waals surface area contributed by atoms with E-state index in [1.807, 2.05) is 20.8 Å². The first-order valence-corrected chi connectivity index (χ1v) is 14.0. The van der Waals surface area contributed by atoms with Crippen LogP contribution in [0.25, 0.3) is 5.78 Å². The van der Waals surface area contributed by atoms with Crippen molar-refractivity contribution < 1.29 is 9.53 Å². The lowest BCUT2D eigenvalue weighted by molar-refractivity contribution is -0.135. The molecule has 1 saturated carbocycles. The number of hydrogen-bond donors (Lipinski definition) is 0. The van der Waals surface area contributed by atoms with Crippen molar-refractivity contribution in [2.45, 2.75) is 77.7 Å². The Morgan fingerprint density at radius 1 is 0.919 bits per heavy atom. The largest absolute Gasteiger partial charge is 0.485 e. The lowest BCUT2D eigenvalue weighted by Crippen LogP contribution is -2.35. The number of carbonyl (C=O) groups excluding carboxylic acids is 1. The summed E-state index contributed by atoms with van der Waals surface area (Å²) in [5.74, 6) is 3.38. The summed E-state index contributed by atoms with van der Waals surface area (Å²) in [6.45, 7) is 9.65. The van der Waals surface area contributed by atoms with E-state index in [1.165, 1.54) is 24.1 Å². The third-order valence-corrected chi connectivity index (χ3v) is 8.59. The van der Waals surface area contributed by atoms with Gasteiger partial charge in [-0.2, -0.15) is 9.50 Å². The lowest BCUT2D eigenvalue weighted by atomic mass is 9.78. The van der Waals surface area contributed by atoms with E-state index in [2.05, 4.69) is 49.1 Å². The number of fused-ring (bicyclic) bond motifs is 1. The zero-order valence-corrected chi connectivity index (χ0v) is 22.3. The number of amides is 1. The van der Waals surface area contributed by atoms with Crippen LogP contribution >= 0.6 is 0 Å². The average molecular weight is 503 g/mol.